The van der Waals surface area contributed by atoms with Crippen molar-refractivity contribution in [3.05, 3.63) is 88.6 Å². The molecule has 0 N–H and O–H groups in total. The molecule has 0 unspecified atom stereocenters. The second kappa shape index (κ2) is 8.42. The highest BCUT2D eigenvalue weighted by Crippen LogP contribution is 2.33. The molecule has 4 aromatic rings. The molecule has 0 aliphatic carbocycles. The molecule has 152 valence electrons. The first-order chi connectivity index (χ1) is 14.5. The van der Waals surface area contributed by atoms with Crippen molar-refractivity contribution in [1.82, 2.24) is 14.3 Å². The Kier molecular flexibility index (Phi) is 5.54. The Morgan fingerprint density at radius 1 is 1.03 bits per heavy atom. The number of rotatable bonds is 6. The van der Waals surface area contributed by atoms with E-state index in [1.54, 1.807) is 65.6 Å². The Bertz CT molecular complexity index is 1220. The maximum absolute atomic E-state index is 12.8. The van der Waals surface area contributed by atoms with Crippen LogP contribution < -0.4 is 15.0 Å². The van der Waals surface area contributed by atoms with E-state index in [9.17, 15) is 9.18 Å². The lowest BCUT2D eigenvalue weighted by atomic mass is 10.1. The van der Waals surface area contributed by atoms with Gasteiger partial charge in [0.05, 0.1) is 6.20 Å². The average molecular weight is 426 g/mol. The van der Waals surface area contributed by atoms with E-state index in [1.807, 2.05) is 13.2 Å². The summed E-state index contributed by atoms with van der Waals surface area (Å²) in [4.78, 5) is 12.8. The summed E-state index contributed by atoms with van der Waals surface area (Å²) in [6.07, 6.45) is 5.21. The fourth-order valence-corrected chi connectivity index (χ4v) is 3.10. The maximum atomic E-state index is 12.8. The van der Waals surface area contributed by atoms with Gasteiger partial charge >= 0.3 is 0 Å². The topological polar surface area (TPSA) is 58.3 Å². The summed E-state index contributed by atoms with van der Waals surface area (Å²) < 4.78 is 26.3. The number of alkyl halides is 1. The number of ether oxygens (including phenoxy) is 2. The zero-order valence-corrected chi connectivity index (χ0v) is 16.7. The van der Waals surface area contributed by atoms with E-state index < -0.39 is 6.86 Å². The number of pyridine rings is 1. The first kappa shape index (κ1) is 19.7. The van der Waals surface area contributed by atoms with Crippen LogP contribution in [-0.4, -0.2) is 21.2 Å². The van der Waals surface area contributed by atoms with Crippen LogP contribution in [0.4, 0.5) is 4.39 Å². The molecular formula is C22H17ClFN3O3. The minimum atomic E-state index is -0.915. The molecule has 0 fully saturated rings. The van der Waals surface area contributed by atoms with Crippen molar-refractivity contribution < 1.29 is 13.9 Å². The van der Waals surface area contributed by atoms with Gasteiger partial charge in [-0.15, -0.1) is 0 Å². The second-order valence-corrected chi connectivity index (χ2v) is 6.90. The molecular weight excluding hydrogens is 409 g/mol. The molecule has 0 aliphatic rings. The number of hydrogen-bond acceptors (Lipinski definition) is 4. The number of nitrogens with zero attached hydrogens (tertiary/aromatic N) is 3. The minimum Gasteiger partial charge on any atom is -0.463 e. The van der Waals surface area contributed by atoms with Gasteiger partial charge in [-0.05, 0) is 48.5 Å². The molecule has 0 atom stereocenters. The van der Waals surface area contributed by atoms with Crippen molar-refractivity contribution in [2.24, 2.45) is 7.05 Å². The predicted octanol–water partition coefficient (Wildman–Crippen LogP) is 4.99. The monoisotopic (exact) mass is 425 g/mol. The van der Waals surface area contributed by atoms with Crippen LogP contribution in [0.5, 0.6) is 17.2 Å². The quantitative estimate of drug-likeness (QED) is 0.436. The fraction of sp³-hybridized carbons (Fsp3) is 0.0909. The molecule has 2 heterocycles. The minimum absolute atomic E-state index is 0.286. The van der Waals surface area contributed by atoms with Crippen molar-refractivity contribution in [2.75, 3.05) is 6.86 Å². The van der Waals surface area contributed by atoms with Crippen molar-refractivity contribution in [2.45, 2.75) is 0 Å². The van der Waals surface area contributed by atoms with Gasteiger partial charge in [0.25, 0.3) is 5.56 Å². The average Bonchev–Trinajstić information content (AvgIpc) is 3.17. The van der Waals surface area contributed by atoms with Crippen LogP contribution in [0.2, 0.25) is 5.02 Å². The van der Waals surface area contributed by atoms with Gasteiger partial charge in [0.1, 0.15) is 17.2 Å². The van der Waals surface area contributed by atoms with Crippen molar-refractivity contribution in [1.29, 1.82) is 0 Å². The van der Waals surface area contributed by atoms with E-state index in [2.05, 4.69) is 5.10 Å². The molecule has 0 radical (unpaired) electrons. The second-order valence-electron chi connectivity index (χ2n) is 6.47. The van der Waals surface area contributed by atoms with E-state index in [0.717, 1.165) is 5.56 Å². The molecule has 8 heteroatoms. The summed E-state index contributed by atoms with van der Waals surface area (Å²) in [5.41, 5.74) is 1.79. The first-order valence-corrected chi connectivity index (χ1v) is 9.39. The van der Waals surface area contributed by atoms with Gasteiger partial charge in [-0.1, -0.05) is 11.6 Å². The van der Waals surface area contributed by atoms with E-state index in [4.69, 9.17) is 21.1 Å². The normalized spacial score (nSPS) is 10.8. The molecule has 0 amide bonds. The molecule has 4 rings (SSSR count). The first-order valence-electron chi connectivity index (χ1n) is 9.02. The highest BCUT2D eigenvalue weighted by atomic mass is 35.5. The Morgan fingerprint density at radius 2 is 1.73 bits per heavy atom. The third kappa shape index (κ3) is 4.21. The van der Waals surface area contributed by atoms with Crippen molar-refractivity contribution >= 4 is 11.6 Å². The fourth-order valence-electron chi connectivity index (χ4n) is 2.97. The molecule has 0 aliphatic heterocycles. The zero-order chi connectivity index (χ0) is 21.1. The molecule has 0 spiro atoms. The van der Waals surface area contributed by atoms with Crippen LogP contribution in [0.15, 0.2) is 78.0 Å². The largest absolute Gasteiger partial charge is 0.463 e. The van der Waals surface area contributed by atoms with E-state index in [-0.39, 0.29) is 5.56 Å². The summed E-state index contributed by atoms with van der Waals surface area (Å²) >= 11 is 5.94. The Morgan fingerprint density at radius 3 is 2.37 bits per heavy atom. The van der Waals surface area contributed by atoms with Gasteiger partial charge < -0.3 is 9.47 Å². The molecule has 0 saturated heterocycles. The molecule has 0 saturated carbocycles. The summed E-state index contributed by atoms with van der Waals surface area (Å²) in [5.74, 6) is 1.32. The van der Waals surface area contributed by atoms with Gasteiger partial charge in [-0.25, -0.2) is 4.39 Å². The smallest absolute Gasteiger partial charge is 0.258 e. The summed E-state index contributed by atoms with van der Waals surface area (Å²) in [7, 11) is 1.81. The summed E-state index contributed by atoms with van der Waals surface area (Å²) in [5, 5.41) is 4.80. The van der Waals surface area contributed by atoms with E-state index in [1.165, 1.54) is 10.6 Å². The van der Waals surface area contributed by atoms with Crippen molar-refractivity contribution in [3.63, 3.8) is 0 Å². The van der Waals surface area contributed by atoms with Crippen LogP contribution in [-0.2, 0) is 7.05 Å². The van der Waals surface area contributed by atoms with Gasteiger partial charge in [-0.2, -0.15) is 5.10 Å². The van der Waals surface area contributed by atoms with Gasteiger partial charge in [0.15, 0.2) is 0 Å². The van der Waals surface area contributed by atoms with Crippen LogP contribution in [0, 0.1) is 0 Å². The standard InChI is InChI=1S/C22H17ClFN3O3/c1-26-12-15(11-25-26)20-13-27(17-4-8-18(9-5-17)29-14-24)22(28)10-21(20)30-19-6-2-16(23)3-7-19/h2-13H,14H2,1H3. The Labute approximate surface area is 176 Å². The van der Waals surface area contributed by atoms with Crippen LogP contribution >= 0.6 is 11.6 Å². The summed E-state index contributed by atoms with van der Waals surface area (Å²) in [6, 6.07) is 14.9. The third-order valence-electron chi connectivity index (χ3n) is 4.41. The molecule has 0 bridgehead atoms. The number of aromatic nitrogens is 3. The number of benzene rings is 2. The van der Waals surface area contributed by atoms with Gasteiger partial charge in [0, 0.05) is 47.3 Å². The van der Waals surface area contributed by atoms with E-state index >= 15 is 0 Å². The van der Waals surface area contributed by atoms with Crippen LogP contribution in [0.25, 0.3) is 16.8 Å². The Hall–Kier alpha value is -3.58. The SMILES string of the molecule is Cn1cc(-c2cn(-c3ccc(OCF)cc3)c(=O)cc2Oc2ccc(Cl)cc2)cn1. The number of aryl methyl sites for hydroxylation is 1. The van der Waals surface area contributed by atoms with Gasteiger partial charge in [0.2, 0.25) is 6.86 Å². The highest BCUT2D eigenvalue weighted by Gasteiger charge is 2.14. The number of hydrogen-bond donors (Lipinski definition) is 0. The molecule has 2 aromatic carbocycles. The molecule has 2 aromatic heterocycles. The zero-order valence-electron chi connectivity index (χ0n) is 16.0. The Balaban J connectivity index is 1.79. The lowest BCUT2D eigenvalue weighted by molar-refractivity contribution is 0.192. The molecule has 30 heavy (non-hydrogen) atoms. The van der Waals surface area contributed by atoms with Gasteiger partial charge in [-0.3, -0.25) is 14.0 Å². The summed E-state index contributed by atoms with van der Waals surface area (Å²) in [6.45, 7) is -0.915. The highest BCUT2D eigenvalue weighted by molar-refractivity contribution is 6.30. The maximum Gasteiger partial charge on any atom is 0.258 e. The molecule has 6 nitrogen and oxygen atoms in total. The van der Waals surface area contributed by atoms with Crippen LogP contribution in [0.3, 0.4) is 0 Å². The lowest BCUT2D eigenvalue weighted by Crippen LogP contribution is -2.17. The van der Waals surface area contributed by atoms with Crippen LogP contribution in [0.1, 0.15) is 0 Å². The van der Waals surface area contributed by atoms with Crippen molar-refractivity contribution in [3.8, 4) is 34.1 Å². The lowest BCUT2D eigenvalue weighted by Gasteiger charge is -2.14. The predicted molar refractivity (Wildman–Crippen MR) is 112 cm³/mol. The third-order valence-corrected chi connectivity index (χ3v) is 4.66. The van der Waals surface area contributed by atoms with E-state index in [0.29, 0.717) is 33.5 Å². The number of halogens is 2.